The van der Waals surface area contributed by atoms with Crippen LogP contribution in [-0.4, -0.2) is 9.13 Å². The van der Waals surface area contributed by atoms with Gasteiger partial charge in [-0.25, -0.2) is 0 Å². The molecule has 0 aliphatic heterocycles. The zero-order valence-corrected chi connectivity index (χ0v) is 24.1. The van der Waals surface area contributed by atoms with E-state index in [0.29, 0.717) is 0 Å². The van der Waals surface area contributed by atoms with E-state index in [9.17, 15) is 0 Å². The van der Waals surface area contributed by atoms with E-state index in [1.54, 1.807) is 0 Å². The maximum Gasteiger partial charge on any atom is 0.0541 e. The number of para-hydroxylation sites is 3. The van der Waals surface area contributed by atoms with Gasteiger partial charge in [-0.05, 0) is 89.0 Å². The highest BCUT2D eigenvalue weighted by molar-refractivity contribution is 6.13. The van der Waals surface area contributed by atoms with E-state index >= 15 is 0 Å². The van der Waals surface area contributed by atoms with E-state index in [0.717, 1.165) is 0 Å². The van der Waals surface area contributed by atoms with Crippen LogP contribution in [0.4, 0.5) is 0 Å². The fraction of sp³-hybridized carbons (Fsp3) is 0. The standard InChI is InChI=1S/C42H28N2/c1-4-12-29(13-5-1)30-20-23-41-37(26-30)38-28-32(22-25-42(38)44(41)34-16-8-3-9-17-34)31-21-24-40-36(27-31)35-18-10-11-19-39(35)43(40)33-14-6-2-7-15-33/h1-28H. The first-order valence-electron chi connectivity index (χ1n) is 15.1. The molecule has 9 aromatic rings. The number of benzene rings is 7. The minimum atomic E-state index is 1.17. The normalized spacial score (nSPS) is 11.6. The lowest BCUT2D eigenvalue weighted by molar-refractivity contribution is 1.18. The molecule has 0 saturated carbocycles. The maximum absolute atomic E-state index is 2.39. The Bertz CT molecular complexity index is 2470. The Balaban J connectivity index is 1.28. The molecule has 0 radical (unpaired) electrons. The van der Waals surface area contributed by atoms with Gasteiger partial charge < -0.3 is 9.13 Å². The van der Waals surface area contributed by atoms with Crippen LogP contribution in [0.1, 0.15) is 0 Å². The van der Waals surface area contributed by atoms with Crippen LogP contribution in [0.2, 0.25) is 0 Å². The van der Waals surface area contributed by atoms with Crippen molar-refractivity contribution in [2.24, 2.45) is 0 Å². The summed E-state index contributed by atoms with van der Waals surface area (Å²) in [6.45, 7) is 0. The molecule has 44 heavy (non-hydrogen) atoms. The van der Waals surface area contributed by atoms with E-state index < -0.39 is 0 Å². The van der Waals surface area contributed by atoms with Crippen LogP contribution < -0.4 is 0 Å². The smallest absolute Gasteiger partial charge is 0.0541 e. The Morgan fingerprint density at radius 2 is 0.614 bits per heavy atom. The molecule has 0 aliphatic carbocycles. The number of hydrogen-bond donors (Lipinski definition) is 0. The molecule has 2 heteroatoms. The first-order valence-corrected chi connectivity index (χ1v) is 15.1. The van der Waals surface area contributed by atoms with E-state index in [-0.39, 0.29) is 0 Å². The third-order valence-electron chi connectivity index (χ3n) is 8.91. The first kappa shape index (κ1) is 24.7. The van der Waals surface area contributed by atoms with Crippen LogP contribution in [0.5, 0.6) is 0 Å². The topological polar surface area (TPSA) is 9.86 Å². The van der Waals surface area contributed by atoms with Gasteiger partial charge >= 0.3 is 0 Å². The summed E-state index contributed by atoms with van der Waals surface area (Å²) in [5.41, 5.74) is 12.1. The van der Waals surface area contributed by atoms with Crippen molar-refractivity contribution in [3.63, 3.8) is 0 Å². The van der Waals surface area contributed by atoms with Gasteiger partial charge in [0.1, 0.15) is 0 Å². The van der Waals surface area contributed by atoms with Crippen molar-refractivity contribution in [1.82, 2.24) is 9.13 Å². The van der Waals surface area contributed by atoms with Crippen LogP contribution in [0.15, 0.2) is 170 Å². The average Bonchev–Trinajstić information content (AvgIpc) is 3.61. The Hall–Kier alpha value is -5.86. The molecule has 0 N–H and O–H groups in total. The van der Waals surface area contributed by atoms with Gasteiger partial charge in [0.15, 0.2) is 0 Å². The fourth-order valence-electron chi connectivity index (χ4n) is 6.88. The Morgan fingerprint density at radius 3 is 1.11 bits per heavy atom. The summed E-state index contributed by atoms with van der Waals surface area (Å²) in [7, 11) is 0. The number of fused-ring (bicyclic) bond motifs is 6. The van der Waals surface area contributed by atoms with Crippen LogP contribution >= 0.6 is 0 Å². The van der Waals surface area contributed by atoms with Gasteiger partial charge in [0, 0.05) is 32.9 Å². The minimum absolute atomic E-state index is 1.17. The number of aromatic nitrogens is 2. The molecule has 2 nitrogen and oxygen atoms in total. The zero-order valence-electron chi connectivity index (χ0n) is 24.1. The lowest BCUT2D eigenvalue weighted by Crippen LogP contribution is -1.93. The molecule has 0 atom stereocenters. The average molecular weight is 561 g/mol. The van der Waals surface area contributed by atoms with Gasteiger partial charge in [0.05, 0.1) is 22.1 Å². The highest BCUT2D eigenvalue weighted by Crippen LogP contribution is 2.39. The van der Waals surface area contributed by atoms with Gasteiger partial charge in [-0.2, -0.15) is 0 Å². The third-order valence-corrected chi connectivity index (χ3v) is 8.91. The number of nitrogens with zero attached hydrogens (tertiary/aromatic N) is 2. The molecule has 0 spiro atoms. The Morgan fingerprint density at radius 1 is 0.250 bits per heavy atom. The van der Waals surface area contributed by atoms with Crippen LogP contribution in [0, 0.1) is 0 Å². The first-order chi connectivity index (χ1) is 21.8. The summed E-state index contributed by atoms with van der Waals surface area (Å²) in [4.78, 5) is 0. The number of hydrogen-bond acceptors (Lipinski definition) is 0. The second-order valence-electron chi connectivity index (χ2n) is 11.4. The van der Waals surface area contributed by atoms with E-state index in [1.807, 2.05) is 0 Å². The summed E-state index contributed by atoms with van der Waals surface area (Å²) in [6, 6.07) is 61.4. The van der Waals surface area contributed by atoms with Crippen molar-refractivity contribution < 1.29 is 0 Å². The predicted octanol–water partition coefficient (Wildman–Crippen LogP) is 11.2. The van der Waals surface area contributed by atoms with E-state index in [1.165, 1.54) is 77.2 Å². The highest BCUT2D eigenvalue weighted by Gasteiger charge is 2.16. The van der Waals surface area contributed by atoms with Gasteiger partial charge in [0.25, 0.3) is 0 Å². The van der Waals surface area contributed by atoms with Crippen molar-refractivity contribution in [1.29, 1.82) is 0 Å². The maximum atomic E-state index is 2.39. The van der Waals surface area contributed by atoms with Crippen LogP contribution in [-0.2, 0) is 0 Å². The summed E-state index contributed by atoms with van der Waals surface area (Å²) < 4.78 is 4.76. The molecule has 0 unspecified atom stereocenters. The molecule has 206 valence electrons. The predicted molar refractivity (Wildman–Crippen MR) is 186 cm³/mol. The zero-order chi connectivity index (χ0) is 29.0. The van der Waals surface area contributed by atoms with Crippen LogP contribution in [0.3, 0.4) is 0 Å². The molecule has 2 heterocycles. The molecular formula is C42H28N2. The van der Waals surface area contributed by atoms with Crippen molar-refractivity contribution in [2.45, 2.75) is 0 Å². The van der Waals surface area contributed by atoms with Gasteiger partial charge in [-0.15, -0.1) is 0 Å². The summed E-state index contributed by atoms with van der Waals surface area (Å²) in [5, 5.41) is 5.04. The lowest BCUT2D eigenvalue weighted by Gasteiger charge is -2.09. The van der Waals surface area contributed by atoms with Crippen molar-refractivity contribution in [3.05, 3.63) is 170 Å². The summed E-state index contributed by atoms with van der Waals surface area (Å²) in [5.74, 6) is 0. The SMILES string of the molecule is c1ccc(-c2ccc3c(c2)c2cc(-c4ccc5c(c4)c4ccccc4n5-c4ccccc4)ccc2n3-c2ccccc2)cc1. The molecular weight excluding hydrogens is 532 g/mol. The van der Waals surface area contributed by atoms with E-state index in [2.05, 4.69) is 179 Å². The van der Waals surface area contributed by atoms with Crippen molar-refractivity contribution in [3.8, 4) is 33.6 Å². The monoisotopic (exact) mass is 560 g/mol. The second-order valence-corrected chi connectivity index (χ2v) is 11.4. The van der Waals surface area contributed by atoms with Crippen LogP contribution in [0.25, 0.3) is 77.2 Å². The lowest BCUT2D eigenvalue weighted by atomic mass is 9.99. The molecule has 0 amide bonds. The molecule has 7 aromatic carbocycles. The molecule has 0 bridgehead atoms. The summed E-state index contributed by atoms with van der Waals surface area (Å²) >= 11 is 0. The molecule has 0 fully saturated rings. The number of rotatable bonds is 4. The minimum Gasteiger partial charge on any atom is -0.309 e. The second kappa shape index (κ2) is 9.86. The molecule has 0 aliphatic rings. The van der Waals surface area contributed by atoms with Crippen molar-refractivity contribution >= 4 is 43.6 Å². The summed E-state index contributed by atoms with van der Waals surface area (Å²) in [6.07, 6.45) is 0. The quantitative estimate of drug-likeness (QED) is 0.203. The largest absolute Gasteiger partial charge is 0.309 e. The van der Waals surface area contributed by atoms with E-state index in [4.69, 9.17) is 0 Å². The third kappa shape index (κ3) is 3.82. The van der Waals surface area contributed by atoms with Gasteiger partial charge in [-0.3, -0.25) is 0 Å². The molecule has 2 aromatic heterocycles. The van der Waals surface area contributed by atoms with Gasteiger partial charge in [-0.1, -0.05) is 103 Å². The fourth-order valence-corrected chi connectivity index (χ4v) is 6.88. The molecule has 9 rings (SSSR count). The Kier molecular flexibility index (Phi) is 5.54. The Labute approximate surface area is 255 Å². The molecule has 0 saturated heterocycles. The van der Waals surface area contributed by atoms with Crippen molar-refractivity contribution in [2.75, 3.05) is 0 Å². The van der Waals surface area contributed by atoms with Gasteiger partial charge in [0.2, 0.25) is 0 Å². The highest BCUT2D eigenvalue weighted by atomic mass is 15.0.